The molecule has 3 aromatic rings. The van der Waals surface area contributed by atoms with Gasteiger partial charge in [-0.05, 0) is 23.3 Å². The lowest BCUT2D eigenvalue weighted by molar-refractivity contribution is 0.259. The molecule has 1 aromatic heterocycles. The summed E-state index contributed by atoms with van der Waals surface area (Å²) in [4.78, 5) is 19.6. The number of rotatable bonds is 7. The number of primary amides is 1. The quantitative estimate of drug-likeness (QED) is 0.553. The van der Waals surface area contributed by atoms with Crippen molar-refractivity contribution in [1.29, 1.82) is 0 Å². The Morgan fingerprint density at radius 1 is 1.00 bits per heavy atom. The van der Waals surface area contributed by atoms with Gasteiger partial charge in [-0.25, -0.2) is 9.78 Å². The molecule has 0 aliphatic rings. The highest BCUT2D eigenvalue weighted by Crippen LogP contribution is 2.21. The van der Waals surface area contributed by atoms with Crippen molar-refractivity contribution in [3.63, 3.8) is 0 Å². The second kappa shape index (κ2) is 8.87. The Balaban J connectivity index is 1.54. The first-order valence-electron chi connectivity index (χ1n) is 8.07. The van der Waals surface area contributed by atoms with Gasteiger partial charge in [-0.2, -0.15) is 0 Å². The van der Waals surface area contributed by atoms with E-state index in [1.807, 2.05) is 30.3 Å². The second-order valence-electron chi connectivity index (χ2n) is 5.56. The third-order valence-electron chi connectivity index (χ3n) is 3.54. The standard InChI is InChI=1S/C19H19N5OS/c20-19(25)23-16-8-6-14(7-9-16)10-22-17-11-21-12-18(24-17)26-13-15-4-2-1-3-5-15/h1-9,11-12H,10,13H2,(H,22,24)(H3,20,23,25). The molecule has 0 atom stereocenters. The maximum Gasteiger partial charge on any atom is 0.316 e. The van der Waals surface area contributed by atoms with Crippen LogP contribution in [0.5, 0.6) is 0 Å². The molecule has 0 aliphatic heterocycles. The monoisotopic (exact) mass is 365 g/mol. The molecule has 0 fully saturated rings. The van der Waals surface area contributed by atoms with Crippen molar-refractivity contribution in [2.24, 2.45) is 5.73 Å². The highest BCUT2D eigenvalue weighted by Gasteiger charge is 2.02. The summed E-state index contributed by atoms with van der Waals surface area (Å²) >= 11 is 1.65. The molecule has 0 unspecified atom stereocenters. The number of amides is 2. The molecule has 2 amide bonds. The van der Waals surface area contributed by atoms with Gasteiger partial charge >= 0.3 is 6.03 Å². The molecule has 4 N–H and O–H groups in total. The van der Waals surface area contributed by atoms with E-state index in [0.29, 0.717) is 12.2 Å². The van der Waals surface area contributed by atoms with Gasteiger partial charge < -0.3 is 16.4 Å². The summed E-state index contributed by atoms with van der Waals surface area (Å²) in [7, 11) is 0. The van der Waals surface area contributed by atoms with E-state index in [0.717, 1.165) is 22.2 Å². The lowest BCUT2D eigenvalue weighted by Crippen LogP contribution is -2.19. The number of nitrogens with two attached hydrogens (primary N) is 1. The minimum Gasteiger partial charge on any atom is -0.365 e. The highest BCUT2D eigenvalue weighted by molar-refractivity contribution is 7.98. The van der Waals surface area contributed by atoms with E-state index in [4.69, 9.17) is 5.73 Å². The number of urea groups is 1. The first-order valence-corrected chi connectivity index (χ1v) is 9.05. The lowest BCUT2D eigenvalue weighted by Gasteiger charge is -2.08. The Bertz CT molecular complexity index is 855. The fraction of sp³-hybridized carbons (Fsp3) is 0.105. The van der Waals surface area contributed by atoms with Crippen LogP contribution in [-0.2, 0) is 12.3 Å². The Hall–Kier alpha value is -3.06. The average Bonchev–Trinajstić information content (AvgIpc) is 2.67. The molecular weight excluding hydrogens is 346 g/mol. The van der Waals surface area contributed by atoms with Gasteiger partial charge in [-0.1, -0.05) is 42.5 Å². The summed E-state index contributed by atoms with van der Waals surface area (Å²) in [5, 5.41) is 6.67. The Labute approximate surface area is 156 Å². The summed E-state index contributed by atoms with van der Waals surface area (Å²) in [6.07, 6.45) is 3.47. The predicted molar refractivity (Wildman–Crippen MR) is 105 cm³/mol. The van der Waals surface area contributed by atoms with Gasteiger partial charge in [0.2, 0.25) is 0 Å². The van der Waals surface area contributed by atoms with Crippen molar-refractivity contribution in [2.75, 3.05) is 10.6 Å². The minimum absolute atomic E-state index is 0.573. The van der Waals surface area contributed by atoms with Gasteiger partial charge in [0.05, 0.1) is 12.4 Å². The number of nitrogens with zero attached hydrogens (tertiary/aromatic N) is 2. The van der Waals surface area contributed by atoms with E-state index in [1.54, 1.807) is 36.3 Å². The average molecular weight is 365 g/mol. The Morgan fingerprint density at radius 3 is 2.50 bits per heavy atom. The molecule has 0 saturated heterocycles. The van der Waals surface area contributed by atoms with Crippen molar-refractivity contribution in [1.82, 2.24) is 9.97 Å². The molecule has 7 heteroatoms. The first-order chi connectivity index (χ1) is 12.7. The second-order valence-corrected chi connectivity index (χ2v) is 6.55. The molecular formula is C19H19N5OS. The number of anilines is 2. The molecule has 26 heavy (non-hydrogen) atoms. The Morgan fingerprint density at radius 2 is 1.77 bits per heavy atom. The largest absolute Gasteiger partial charge is 0.365 e. The van der Waals surface area contributed by atoms with Gasteiger partial charge in [0.25, 0.3) is 0 Å². The molecule has 0 radical (unpaired) electrons. The Kier molecular flexibility index (Phi) is 6.05. The van der Waals surface area contributed by atoms with E-state index < -0.39 is 6.03 Å². The minimum atomic E-state index is -0.573. The van der Waals surface area contributed by atoms with Gasteiger partial charge in [0.15, 0.2) is 0 Å². The number of hydrogen-bond acceptors (Lipinski definition) is 5. The molecule has 0 bridgehead atoms. The van der Waals surface area contributed by atoms with Crippen LogP contribution < -0.4 is 16.4 Å². The molecule has 0 aliphatic carbocycles. The summed E-state index contributed by atoms with van der Waals surface area (Å²) in [5.41, 5.74) is 8.07. The molecule has 2 aromatic carbocycles. The maximum atomic E-state index is 10.8. The number of carbonyl (C=O) groups is 1. The molecule has 0 saturated carbocycles. The van der Waals surface area contributed by atoms with Gasteiger partial charge in [0, 0.05) is 18.0 Å². The number of aromatic nitrogens is 2. The third-order valence-corrected chi connectivity index (χ3v) is 4.51. The van der Waals surface area contributed by atoms with Crippen molar-refractivity contribution in [3.05, 3.63) is 78.1 Å². The van der Waals surface area contributed by atoms with Crippen molar-refractivity contribution >= 4 is 29.3 Å². The fourth-order valence-electron chi connectivity index (χ4n) is 2.28. The fourth-order valence-corrected chi connectivity index (χ4v) is 3.08. The maximum absolute atomic E-state index is 10.8. The van der Waals surface area contributed by atoms with Gasteiger partial charge in [-0.3, -0.25) is 4.98 Å². The van der Waals surface area contributed by atoms with Crippen molar-refractivity contribution < 1.29 is 4.79 Å². The molecule has 0 spiro atoms. The molecule has 132 valence electrons. The number of carbonyl (C=O) groups excluding carboxylic acids is 1. The van der Waals surface area contributed by atoms with E-state index in [2.05, 4.69) is 32.7 Å². The van der Waals surface area contributed by atoms with E-state index in [1.165, 1.54) is 5.56 Å². The zero-order valence-corrected chi connectivity index (χ0v) is 14.9. The summed E-state index contributed by atoms with van der Waals surface area (Å²) in [5.74, 6) is 1.58. The first kappa shape index (κ1) is 17.8. The summed E-state index contributed by atoms with van der Waals surface area (Å²) in [6.45, 7) is 0.609. The van der Waals surface area contributed by atoms with Crippen LogP contribution in [0.3, 0.4) is 0 Å². The van der Waals surface area contributed by atoms with Crippen LogP contribution in [0.15, 0.2) is 72.0 Å². The van der Waals surface area contributed by atoms with E-state index >= 15 is 0 Å². The van der Waals surface area contributed by atoms with Crippen LogP contribution >= 0.6 is 11.8 Å². The zero-order chi connectivity index (χ0) is 18.2. The van der Waals surface area contributed by atoms with Crippen molar-refractivity contribution in [3.8, 4) is 0 Å². The number of thioether (sulfide) groups is 1. The van der Waals surface area contributed by atoms with E-state index in [9.17, 15) is 4.79 Å². The SMILES string of the molecule is NC(=O)Nc1ccc(CNc2cncc(SCc3ccccc3)n2)cc1. The predicted octanol–water partition coefficient (Wildman–Crippen LogP) is 3.87. The molecule has 6 nitrogen and oxygen atoms in total. The number of nitrogens with one attached hydrogen (secondary N) is 2. The summed E-state index contributed by atoms with van der Waals surface area (Å²) < 4.78 is 0. The normalized spacial score (nSPS) is 10.3. The lowest BCUT2D eigenvalue weighted by atomic mass is 10.2. The van der Waals surface area contributed by atoms with Crippen LogP contribution in [0.1, 0.15) is 11.1 Å². The van der Waals surface area contributed by atoms with Crippen LogP contribution in [0.2, 0.25) is 0 Å². The van der Waals surface area contributed by atoms with Gasteiger partial charge in [0.1, 0.15) is 10.8 Å². The molecule has 3 rings (SSSR count). The van der Waals surface area contributed by atoms with E-state index in [-0.39, 0.29) is 0 Å². The molecule has 1 heterocycles. The van der Waals surface area contributed by atoms with Crippen LogP contribution in [0.25, 0.3) is 0 Å². The van der Waals surface area contributed by atoms with Gasteiger partial charge in [-0.15, -0.1) is 11.8 Å². The number of benzene rings is 2. The zero-order valence-electron chi connectivity index (χ0n) is 14.1. The number of hydrogen-bond donors (Lipinski definition) is 3. The summed E-state index contributed by atoms with van der Waals surface area (Å²) in [6, 6.07) is 17.1. The van der Waals surface area contributed by atoms with Crippen LogP contribution in [0, 0.1) is 0 Å². The highest BCUT2D eigenvalue weighted by atomic mass is 32.2. The smallest absolute Gasteiger partial charge is 0.316 e. The topological polar surface area (TPSA) is 92.9 Å². The van der Waals surface area contributed by atoms with Crippen LogP contribution in [0.4, 0.5) is 16.3 Å². The third kappa shape index (κ3) is 5.49. The van der Waals surface area contributed by atoms with Crippen molar-refractivity contribution in [2.45, 2.75) is 17.3 Å². The van der Waals surface area contributed by atoms with Crippen LogP contribution in [-0.4, -0.2) is 16.0 Å².